The lowest BCUT2D eigenvalue weighted by molar-refractivity contribution is 1.15. The zero-order valence-electron chi connectivity index (χ0n) is 15.8. The van der Waals surface area contributed by atoms with Gasteiger partial charge in [0, 0.05) is 0 Å². The van der Waals surface area contributed by atoms with Gasteiger partial charge in [-0.3, -0.25) is 0 Å². The molecule has 2 aromatic heterocycles. The quantitative estimate of drug-likeness (QED) is 0.282. The second kappa shape index (κ2) is 7.91. The molecule has 4 rings (SSSR count). The van der Waals surface area contributed by atoms with Crippen molar-refractivity contribution >= 4 is 45.4 Å². The van der Waals surface area contributed by atoms with Crippen LogP contribution in [-0.4, -0.2) is 31.4 Å². The van der Waals surface area contributed by atoms with Crippen LogP contribution in [0.5, 0.6) is 0 Å². The molecule has 0 fully saturated rings. The fraction of sp³-hybridized carbons (Fsp3) is 0.200. The van der Waals surface area contributed by atoms with E-state index in [-0.39, 0.29) is 0 Å². The zero-order chi connectivity index (χ0) is 19.3. The normalized spacial score (nSPS) is 12.6. The van der Waals surface area contributed by atoms with Gasteiger partial charge in [0.15, 0.2) is 0 Å². The largest absolute Gasteiger partial charge is 0.323 e. The van der Waals surface area contributed by atoms with Gasteiger partial charge in [-0.15, -0.1) is 0 Å². The van der Waals surface area contributed by atoms with Crippen molar-refractivity contribution in [2.45, 2.75) is 26.7 Å². The number of imidazole rings is 2. The smallest absolute Gasteiger partial charge is 0.222 e. The van der Waals surface area contributed by atoms with E-state index in [4.69, 9.17) is 0 Å². The molecule has 0 atom stereocenters. The Kier molecular flexibility index (Phi) is 5.01. The van der Waals surface area contributed by atoms with Crippen LogP contribution in [-0.2, 0) is 0 Å². The minimum atomic E-state index is 0.604. The van der Waals surface area contributed by atoms with Gasteiger partial charge in [0.05, 0.1) is 33.5 Å². The maximum absolute atomic E-state index is 4.51. The van der Waals surface area contributed by atoms with Crippen LogP contribution in [0.2, 0.25) is 0 Å². The van der Waals surface area contributed by atoms with E-state index < -0.39 is 0 Å². The number of H-pyrrole nitrogens is 2. The average Bonchev–Trinajstić information content (AvgIpc) is 3.33. The third kappa shape index (κ3) is 3.71. The highest BCUT2D eigenvalue weighted by atomic mass is 15.4. The van der Waals surface area contributed by atoms with Crippen LogP contribution in [0.15, 0.2) is 58.7 Å². The molecule has 0 aliphatic heterocycles. The maximum Gasteiger partial charge on any atom is 0.222 e. The van der Waals surface area contributed by atoms with Gasteiger partial charge in [0.1, 0.15) is 0 Å². The van der Waals surface area contributed by atoms with Crippen LogP contribution >= 0.6 is 0 Å². The third-order valence-electron chi connectivity index (χ3n) is 4.38. The van der Waals surface area contributed by atoms with E-state index in [1.807, 2.05) is 62.4 Å². The lowest BCUT2D eigenvalue weighted by Gasteiger charge is -2.06. The molecule has 0 bridgehead atoms. The number of aromatic amines is 2. The second-order valence-electron chi connectivity index (χ2n) is 6.25. The molecule has 0 aliphatic rings. The summed E-state index contributed by atoms with van der Waals surface area (Å²) in [6.45, 7) is 4.09. The van der Waals surface area contributed by atoms with Crippen LogP contribution in [0.25, 0.3) is 22.1 Å². The lowest BCUT2D eigenvalue weighted by atomic mass is 10.1. The molecule has 2 aromatic carbocycles. The number of rotatable bonds is 7. The number of benzene rings is 2. The van der Waals surface area contributed by atoms with Crippen molar-refractivity contribution in [1.82, 2.24) is 19.9 Å². The number of nitrogens with zero attached hydrogens (tertiary/aromatic N) is 4. The first-order valence-electron chi connectivity index (χ1n) is 9.31. The van der Waals surface area contributed by atoms with Gasteiger partial charge in [-0.25, -0.2) is 20.8 Å². The van der Waals surface area contributed by atoms with E-state index in [0.29, 0.717) is 11.9 Å². The summed E-state index contributed by atoms with van der Waals surface area (Å²) in [5.41, 5.74) is 11.5. The number of aromatic nitrogens is 4. The molecule has 0 radical (unpaired) electrons. The highest BCUT2D eigenvalue weighted by Gasteiger charge is 2.08. The molecule has 8 heteroatoms. The number of para-hydroxylation sites is 4. The van der Waals surface area contributed by atoms with Crippen molar-refractivity contribution in [1.29, 1.82) is 0 Å². The molecule has 8 nitrogen and oxygen atoms in total. The SMILES string of the molecule is CCC(=N\Nc1nc2ccccc2[nH]1)/C(CC)=N/Nc1nc2ccccc2[nH]1. The Morgan fingerprint density at radius 2 is 1.18 bits per heavy atom. The van der Waals surface area contributed by atoms with Gasteiger partial charge in [-0.2, -0.15) is 10.2 Å². The first kappa shape index (κ1) is 17.7. The van der Waals surface area contributed by atoms with E-state index >= 15 is 0 Å². The molecule has 28 heavy (non-hydrogen) atoms. The standard InChI is InChI=1S/C20H22N8/c1-3-13(25-27-19-21-15-9-5-6-10-16(15)22-19)14(4-2)26-28-20-23-17-11-7-8-12-18(17)24-20/h5-12H,3-4H2,1-2H3,(H2,21,22,27)(H2,23,24,28)/b25-13+,26-14+. The monoisotopic (exact) mass is 374 g/mol. The summed E-state index contributed by atoms with van der Waals surface area (Å²) in [6, 6.07) is 15.7. The van der Waals surface area contributed by atoms with Gasteiger partial charge in [-0.1, -0.05) is 38.1 Å². The number of hydrogen-bond acceptors (Lipinski definition) is 6. The predicted molar refractivity (Wildman–Crippen MR) is 115 cm³/mol. The Hall–Kier alpha value is -3.68. The van der Waals surface area contributed by atoms with Crippen molar-refractivity contribution in [2.24, 2.45) is 10.2 Å². The molecule has 142 valence electrons. The van der Waals surface area contributed by atoms with E-state index in [9.17, 15) is 0 Å². The third-order valence-corrected chi connectivity index (χ3v) is 4.38. The van der Waals surface area contributed by atoms with Gasteiger partial charge in [0.25, 0.3) is 0 Å². The molecular formula is C20H22N8. The Morgan fingerprint density at radius 3 is 1.57 bits per heavy atom. The van der Waals surface area contributed by atoms with Crippen LogP contribution in [0.1, 0.15) is 26.7 Å². The number of nitrogens with one attached hydrogen (secondary N) is 4. The Balaban J connectivity index is 1.51. The molecule has 0 saturated carbocycles. The molecular weight excluding hydrogens is 352 g/mol. The molecule has 4 N–H and O–H groups in total. The van der Waals surface area contributed by atoms with Crippen molar-refractivity contribution < 1.29 is 0 Å². The number of fused-ring (bicyclic) bond motifs is 2. The number of hydrazone groups is 2. The van der Waals surface area contributed by atoms with E-state index in [0.717, 1.165) is 46.3 Å². The highest BCUT2D eigenvalue weighted by Crippen LogP contribution is 2.14. The second-order valence-corrected chi connectivity index (χ2v) is 6.25. The Labute approximate surface area is 162 Å². The summed E-state index contributed by atoms with van der Waals surface area (Å²) in [6.07, 6.45) is 1.48. The summed E-state index contributed by atoms with van der Waals surface area (Å²) in [4.78, 5) is 15.4. The summed E-state index contributed by atoms with van der Waals surface area (Å²) < 4.78 is 0. The molecule has 0 unspecified atom stereocenters. The Bertz CT molecular complexity index is 993. The van der Waals surface area contributed by atoms with Gasteiger partial charge in [-0.05, 0) is 37.1 Å². The van der Waals surface area contributed by atoms with Gasteiger partial charge in [0.2, 0.25) is 11.9 Å². The van der Waals surface area contributed by atoms with Crippen molar-refractivity contribution in [3.63, 3.8) is 0 Å². The molecule has 0 amide bonds. The van der Waals surface area contributed by atoms with E-state index in [1.54, 1.807) is 0 Å². The van der Waals surface area contributed by atoms with Crippen LogP contribution in [0.4, 0.5) is 11.9 Å². The molecule has 0 spiro atoms. The van der Waals surface area contributed by atoms with Crippen LogP contribution < -0.4 is 10.9 Å². The number of hydrogen-bond donors (Lipinski definition) is 4. The highest BCUT2D eigenvalue weighted by molar-refractivity contribution is 6.42. The lowest BCUT2D eigenvalue weighted by Crippen LogP contribution is -2.16. The van der Waals surface area contributed by atoms with E-state index in [1.165, 1.54) is 0 Å². The summed E-state index contributed by atoms with van der Waals surface area (Å²) >= 11 is 0. The average molecular weight is 374 g/mol. The van der Waals surface area contributed by atoms with Crippen LogP contribution in [0, 0.1) is 0 Å². The summed E-state index contributed by atoms with van der Waals surface area (Å²) in [5, 5.41) is 9.01. The maximum atomic E-state index is 4.51. The fourth-order valence-corrected chi connectivity index (χ4v) is 2.95. The first-order chi connectivity index (χ1) is 13.8. The van der Waals surface area contributed by atoms with Crippen LogP contribution in [0.3, 0.4) is 0 Å². The van der Waals surface area contributed by atoms with Crippen molar-refractivity contribution in [3.8, 4) is 0 Å². The minimum absolute atomic E-state index is 0.604. The zero-order valence-corrected chi connectivity index (χ0v) is 15.8. The summed E-state index contributed by atoms with van der Waals surface area (Å²) in [5.74, 6) is 1.21. The van der Waals surface area contributed by atoms with E-state index in [2.05, 4.69) is 41.0 Å². The van der Waals surface area contributed by atoms with Crippen molar-refractivity contribution in [2.75, 3.05) is 10.9 Å². The predicted octanol–water partition coefficient (Wildman–Crippen LogP) is 4.50. The minimum Gasteiger partial charge on any atom is -0.323 e. The molecule has 0 saturated heterocycles. The molecule has 0 aliphatic carbocycles. The summed E-state index contributed by atoms with van der Waals surface area (Å²) in [7, 11) is 0. The van der Waals surface area contributed by atoms with Crippen molar-refractivity contribution in [3.05, 3.63) is 48.5 Å². The molecule has 4 aromatic rings. The fourth-order valence-electron chi connectivity index (χ4n) is 2.95. The molecule has 2 heterocycles. The first-order valence-corrected chi connectivity index (χ1v) is 9.31. The number of anilines is 2. The topological polar surface area (TPSA) is 106 Å². The Morgan fingerprint density at radius 1 is 0.750 bits per heavy atom. The van der Waals surface area contributed by atoms with Gasteiger partial charge >= 0.3 is 0 Å². The van der Waals surface area contributed by atoms with Gasteiger partial charge < -0.3 is 9.97 Å².